The molecule has 0 saturated carbocycles. The molecule has 1 aromatic rings. The van der Waals surface area contributed by atoms with Crippen molar-refractivity contribution in [1.29, 1.82) is 0 Å². The van der Waals surface area contributed by atoms with E-state index >= 15 is 0 Å². The second-order valence-electron chi connectivity index (χ2n) is 4.46. The number of hydrogen-bond acceptors (Lipinski definition) is 4. The molecule has 1 N–H and O–H groups in total. The molecule has 0 aliphatic rings. The van der Waals surface area contributed by atoms with E-state index in [2.05, 4.69) is 0 Å². The number of rotatable bonds is 8. The highest BCUT2D eigenvalue weighted by Gasteiger charge is 2.21. The highest BCUT2D eigenvalue weighted by molar-refractivity contribution is 5.28. The zero-order valence-electron chi connectivity index (χ0n) is 12.1. The van der Waals surface area contributed by atoms with Gasteiger partial charge in [0.15, 0.2) is 6.29 Å². The summed E-state index contributed by atoms with van der Waals surface area (Å²) in [5.74, 6) is 0.787. The van der Waals surface area contributed by atoms with Gasteiger partial charge in [-0.3, -0.25) is 0 Å². The van der Waals surface area contributed by atoms with Crippen molar-refractivity contribution < 1.29 is 19.3 Å². The molecule has 1 atom stereocenters. The highest BCUT2D eigenvalue weighted by Crippen LogP contribution is 2.23. The molecule has 1 rings (SSSR count). The molecule has 0 radical (unpaired) electrons. The summed E-state index contributed by atoms with van der Waals surface area (Å²) >= 11 is 0. The standard InChI is InChI=1S/C15H24O4/c1-5-17-15(18-6-2)14(16)12-7-9-13(10-8-12)19-11(3)4/h7-11,14-16H,5-6H2,1-4H3. The largest absolute Gasteiger partial charge is 0.491 e. The Labute approximate surface area is 115 Å². The van der Waals surface area contributed by atoms with Gasteiger partial charge in [0.25, 0.3) is 0 Å². The predicted octanol–water partition coefficient (Wildman–Crippen LogP) is 2.91. The second-order valence-corrected chi connectivity index (χ2v) is 4.46. The molecule has 0 aliphatic carbocycles. The maximum absolute atomic E-state index is 10.2. The van der Waals surface area contributed by atoms with Gasteiger partial charge in [-0.05, 0) is 45.4 Å². The van der Waals surface area contributed by atoms with E-state index < -0.39 is 12.4 Å². The van der Waals surface area contributed by atoms with Crippen LogP contribution in [0, 0.1) is 0 Å². The van der Waals surface area contributed by atoms with Gasteiger partial charge in [-0.2, -0.15) is 0 Å². The number of ether oxygens (including phenoxy) is 3. The summed E-state index contributed by atoms with van der Waals surface area (Å²) < 4.78 is 16.3. The lowest BCUT2D eigenvalue weighted by molar-refractivity contribution is -0.191. The van der Waals surface area contributed by atoms with E-state index in [0.717, 1.165) is 11.3 Å². The lowest BCUT2D eigenvalue weighted by Gasteiger charge is -2.23. The molecule has 4 heteroatoms. The third kappa shape index (κ3) is 5.19. The van der Waals surface area contributed by atoms with Crippen molar-refractivity contribution in [2.75, 3.05) is 13.2 Å². The third-order valence-corrected chi connectivity index (χ3v) is 2.51. The van der Waals surface area contributed by atoms with Crippen molar-refractivity contribution in [3.8, 4) is 5.75 Å². The molecule has 1 aromatic carbocycles. The lowest BCUT2D eigenvalue weighted by atomic mass is 10.1. The molecule has 0 amide bonds. The summed E-state index contributed by atoms with van der Waals surface area (Å²) in [4.78, 5) is 0. The minimum Gasteiger partial charge on any atom is -0.491 e. The summed E-state index contributed by atoms with van der Waals surface area (Å²) in [5, 5.41) is 10.2. The van der Waals surface area contributed by atoms with Gasteiger partial charge in [-0.15, -0.1) is 0 Å². The molecule has 108 valence electrons. The first kappa shape index (κ1) is 16.0. The fraction of sp³-hybridized carbons (Fsp3) is 0.600. The molecule has 0 saturated heterocycles. The Bertz CT molecular complexity index is 342. The highest BCUT2D eigenvalue weighted by atomic mass is 16.7. The van der Waals surface area contributed by atoms with Gasteiger partial charge >= 0.3 is 0 Å². The molecule has 0 aliphatic heterocycles. The molecule has 0 spiro atoms. The number of benzene rings is 1. The van der Waals surface area contributed by atoms with Gasteiger partial charge < -0.3 is 19.3 Å². The first-order valence-electron chi connectivity index (χ1n) is 6.76. The van der Waals surface area contributed by atoms with E-state index in [-0.39, 0.29) is 6.10 Å². The summed E-state index contributed by atoms with van der Waals surface area (Å²) in [7, 11) is 0. The first-order chi connectivity index (χ1) is 9.08. The summed E-state index contributed by atoms with van der Waals surface area (Å²) in [5.41, 5.74) is 0.753. The van der Waals surface area contributed by atoms with E-state index in [0.29, 0.717) is 13.2 Å². The van der Waals surface area contributed by atoms with Crippen LogP contribution in [0.25, 0.3) is 0 Å². The molecule has 0 heterocycles. The van der Waals surface area contributed by atoms with E-state index in [4.69, 9.17) is 14.2 Å². The van der Waals surface area contributed by atoms with Crippen molar-refractivity contribution in [1.82, 2.24) is 0 Å². The van der Waals surface area contributed by atoms with E-state index in [1.807, 2.05) is 52.0 Å². The van der Waals surface area contributed by atoms with Gasteiger partial charge in [-0.25, -0.2) is 0 Å². The zero-order valence-corrected chi connectivity index (χ0v) is 12.1. The average molecular weight is 268 g/mol. The van der Waals surface area contributed by atoms with Crippen molar-refractivity contribution in [3.63, 3.8) is 0 Å². The van der Waals surface area contributed by atoms with Gasteiger partial charge in [0, 0.05) is 13.2 Å². The van der Waals surface area contributed by atoms with Crippen LogP contribution in [0.1, 0.15) is 39.4 Å². The van der Waals surface area contributed by atoms with Crippen LogP contribution in [-0.2, 0) is 9.47 Å². The van der Waals surface area contributed by atoms with Crippen molar-refractivity contribution in [2.45, 2.75) is 46.2 Å². The Morgan fingerprint density at radius 2 is 1.53 bits per heavy atom. The van der Waals surface area contributed by atoms with Crippen LogP contribution in [0.3, 0.4) is 0 Å². The molecule has 1 unspecified atom stereocenters. The van der Waals surface area contributed by atoms with Crippen LogP contribution in [0.2, 0.25) is 0 Å². The normalized spacial score (nSPS) is 13.0. The van der Waals surface area contributed by atoms with Gasteiger partial charge in [-0.1, -0.05) is 12.1 Å². The van der Waals surface area contributed by atoms with Crippen LogP contribution < -0.4 is 4.74 Å². The van der Waals surface area contributed by atoms with E-state index in [1.165, 1.54) is 0 Å². The summed E-state index contributed by atoms with van der Waals surface area (Å²) in [6.07, 6.45) is -1.30. The Hall–Kier alpha value is -1.10. The Morgan fingerprint density at radius 1 is 1.00 bits per heavy atom. The minimum atomic E-state index is -0.798. The minimum absolute atomic E-state index is 0.135. The van der Waals surface area contributed by atoms with Crippen LogP contribution >= 0.6 is 0 Å². The molecule has 4 nitrogen and oxygen atoms in total. The maximum atomic E-state index is 10.2. The summed E-state index contributed by atoms with van der Waals surface area (Å²) in [6.45, 7) is 8.69. The second kappa shape index (κ2) is 8.15. The molecule has 0 fully saturated rings. The lowest BCUT2D eigenvalue weighted by Crippen LogP contribution is -2.25. The van der Waals surface area contributed by atoms with Crippen molar-refractivity contribution in [3.05, 3.63) is 29.8 Å². The van der Waals surface area contributed by atoms with Crippen LogP contribution in [0.5, 0.6) is 5.75 Å². The third-order valence-electron chi connectivity index (χ3n) is 2.51. The molecular formula is C15H24O4. The van der Waals surface area contributed by atoms with Crippen LogP contribution in [0.4, 0.5) is 0 Å². The maximum Gasteiger partial charge on any atom is 0.187 e. The Kier molecular flexibility index (Phi) is 6.84. The molecule has 19 heavy (non-hydrogen) atoms. The van der Waals surface area contributed by atoms with Crippen molar-refractivity contribution >= 4 is 0 Å². The first-order valence-corrected chi connectivity index (χ1v) is 6.76. The van der Waals surface area contributed by atoms with Gasteiger partial charge in [0.2, 0.25) is 0 Å². The molecular weight excluding hydrogens is 244 g/mol. The smallest absolute Gasteiger partial charge is 0.187 e. The molecule has 0 bridgehead atoms. The number of hydrogen-bond donors (Lipinski definition) is 1. The monoisotopic (exact) mass is 268 g/mol. The predicted molar refractivity (Wildman–Crippen MR) is 74.2 cm³/mol. The molecule has 0 aromatic heterocycles. The Balaban J connectivity index is 2.72. The zero-order chi connectivity index (χ0) is 14.3. The van der Waals surface area contributed by atoms with E-state index in [1.54, 1.807) is 0 Å². The fourth-order valence-electron chi connectivity index (χ4n) is 1.73. The summed E-state index contributed by atoms with van der Waals surface area (Å²) in [6, 6.07) is 7.34. The topological polar surface area (TPSA) is 47.9 Å². The van der Waals surface area contributed by atoms with Crippen molar-refractivity contribution in [2.24, 2.45) is 0 Å². The van der Waals surface area contributed by atoms with Gasteiger partial charge in [0.1, 0.15) is 11.9 Å². The fourth-order valence-corrected chi connectivity index (χ4v) is 1.73. The Morgan fingerprint density at radius 3 is 1.95 bits per heavy atom. The van der Waals surface area contributed by atoms with E-state index in [9.17, 15) is 5.11 Å². The number of aliphatic hydroxyl groups excluding tert-OH is 1. The average Bonchev–Trinajstić information content (AvgIpc) is 2.38. The quantitative estimate of drug-likeness (QED) is 0.736. The van der Waals surface area contributed by atoms with Crippen LogP contribution in [-0.4, -0.2) is 30.7 Å². The number of aliphatic hydroxyl groups is 1. The SMILES string of the molecule is CCOC(OCC)C(O)c1ccc(OC(C)C)cc1. The van der Waals surface area contributed by atoms with Gasteiger partial charge in [0.05, 0.1) is 6.10 Å². The van der Waals surface area contributed by atoms with Crippen LogP contribution in [0.15, 0.2) is 24.3 Å².